The summed E-state index contributed by atoms with van der Waals surface area (Å²) in [5, 5.41) is 1.00. The van der Waals surface area contributed by atoms with Crippen molar-refractivity contribution in [1.29, 1.82) is 0 Å². The van der Waals surface area contributed by atoms with Gasteiger partial charge in [-0.05, 0) is 29.6 Å². The zero-order valence-electron chi connectivity index (χ0n) is 17.5. The Kier molecular flexibility index (Phi) is 5.95. The summed E-state index contributed by atoms with van der Waals surface area (Å²) in [7, 11) is -3.33. The molecule has 34 heavy (non-hydrogen) atoms. The number of oxazole rings is 1. The van der Waals surface area contributed by atoms with E-state index in [1.165, 1.54) is 6.26 Å². The normalized spacial score (nSPS) is 15.9. The fourth-order valence-corrected chi connectivity index (χ4v) is 6.42. The van der Waals surface area contributed by atoms with Crippen molar-refractivity contribution in [2.75, 3.05) is 0 Å². The van der Waals surface area contributed by atoms with Crippen LogP contribution in [0.1, 0.15) is 0 Å². The molecule has 3 heterocycles. The number of pyridine rings is 1. The molecule has 0 radical (unpaired) electrons. The van der Waals surface area contributed by atoms with Crippen LogP contribution in [0.2, 0.25) is 0 Å². The number of ether oxygens (including phenoxy) is 2. The first-order valence-electron chi connectivity index (χ1n) is 10.2. The van der Waals surface area contributed by atoms with Gasteiger partial charge in [-0.3, -0.25) is 9.97 Å². The number of benzene rings is 3. The van der Waals surface area contributed by atoms with Gasteiger partial charge in [-0.2, -0.15) is 0 Å². The second-order valence-corrected chi connectivity index (χ2v) is 9.88. The maximum Gasteiger partial charge on any atom is 2.00 e. The third-order valence-electron chi connectivity index (χ3n) is 5.22. The summed E-state index contributed by atoms with van der Waals surface area (Å²) in [6, 6.07) is 27.9. The molecule has 6 rings (SSSR count). The van der Waals surface area contributed by atoms with E-state index in [-0.39, 0.29) is 21.1 Å². The van der Waals surface area contributed by atoms with Crippen molar-refractivity contribution >= 4 is 23.2 Å². The van der Waals surface area contributed by atoms with Crippen LogP contribution in [0.4, 0.5) is 0 Å². The molecule has 8 heteroatoms. The first kappa shape index (κ1) is 22.3. The van der Waals surface area contributed by atoms with Gasteiger partial charge in [0, 0.05) is 23.4 Å². The number of nitrogens with zero attached hydrogens (tertiary/aromatic N) is 2. The Labute approximate surface area is 210 Å². The number of hydrogen-bond acceptors (Lipinski definition) is 6. The van der Waals surface area contributed by atoms with Crippen LogP contribution in [0.3, 0.4) is 0 Å². The SMILES string of the molecule is O=P1(c2ccccn2)c2[c-]c(Oc3[c-]c(-c4ncco4)ccc3)ccc2Oc2ccccc21.[Pt+2]. The Morgan fingerprint density at radius 1 is 0.794 bits per heavy atom. The summed E-state index contributed by atoms with van der Waals surface area (Å²) in [5.74, 6) is 2.29. The van der Waals surface area contributed by atoms with Gasteiger partial charge in [-0.15, -0.1) is 36.4 Å². The quantitative estimate of drug-likeness (QED) is 0.201. The predicted molar refractivity (Wildman–Crippen MR) is 123 cm³/mol. The van der Waals surface area contributed by atoms with Gasteiger partial charge in [0.15, 0.2) is 7.14 Å². The number of fused-ring (bicyclic) bond motifs is 2. The molecule has 0 bridgehead atoms. The summed E-state index contributed by atoms with van der Waals surface area (Å²) in [4.78, 5) is 8.57. The van der Waals surface area contributed by atoms with E-state index in [1.807, 2.05) is 36.4 Å². The van der Waals surface area contributed by atoms with Gasteiger partial charge in [0.1, 0.15) is 17.1 Å². The largest absolute Gasteiger partial charge is 2.00 e. The van der Waals surface area contributed by atoms with Crippen LogP contribution in [0.15, 0.2) is 95.9 Å². The van der Waals surface area contributed by atoms with E-state index < -0.39 is 7.14 Å². The smallest absolute Gasteiger partial charge is 0.515 e. The Morgan fingerprint density at radius 3 is 2.47 bits per heavy atom. The van der Waals surface area contributed by atoms with Crippen molar-refractivity contribution in [3.05, 3.63) is 104 Å². The van der Waals surface area contributed by atoms with Crippen LogP contribution in [0, 0.1) is 12.1 Å². The van der Waals surface area contributed by atoms with Gasteiger partial charge < -0.3 is 18.5 Å². The summed E-state index contributed by atoms with van der Waals surface area (Å²) < 4.78 is 32.1. The second kappa shape index (κ2) is 9.06. The molecule has 2 aromatic heterocycles. The van der Waals surface area contributed by atoms with Gasteiger partial charge in [0.2, 0.25) is 0 Å². The third kappa shape index (κ3) is 3.79. The molecule has 1 unspecified atom stereocenters. The van der Waals surface area contributed by atoms with E-state index in [2.05, 4.69) is 22.1 Å². The zero-order chi connectivity index (χ0) is 22.3. The maximum absolute atomic E-state index is 14.6. The first-order chi connectivity index (χ1) is 16.2. The minimum Gasteiger partial charge on any atom is -0.515 e. The van der Waals surface area contributed by atoms with E-state index in [9.17, 15) is 4.57 Å². The van der Waals surface area contributed by atoms with Crippen molar-refractivity contribution in [3.63, 3.8) is 0 Å². The molecule has 168 valence electrons. The van der Waals surface area contributed by atoms with Crippen molar-refractivity contribution in [1.82, 2.24) is 9.97 Å². The van der Waals surface area contributed by atoms with Crippen molar-refractivity contribution in [3.8, 4) is 34.5 Å². The minimum atomic E-state index is -3.33. The molecule has 0 amide bonds. The second-order valence-electron chi connectivity index (χ2n) is 7.27. The zero-order valence-corrected chi connectivity index (χ0v) is 20.6. The van der Waals surface area contributed by atoms with Gasteiger partial charge in [0.25, 0.3) is 0 Å². The molecule has 6 nitrogen and oxygen atoms in total. The summed E-state index contributed by atoms with van der Waals surface area (Å²) in [6.45, 7) is 0. The molecule has 0 spiro atoms. The first-order valence-corrected chi connectivity index (χ1v) is 11.9. The molecule has 0 N–H and O–H groups in total. The standard InChI is InChI=1S/C26H15N2O4P.Pt/c29-33(25-10-3-4-13-27-25)23-9-2-1-8-21(23)32-22-12-11-20(17-24(22)33)31-19-7-5-6-18(16-19)26-28-14-15-30-26;/h1-15H;/q-2;+2. The van der Waals surface area contributed by atoms with E-state index >= 15 is 0 Å². The van der Waals surface area contributed by atoms with Gasteiger partial charge >= 0.3 is 21.1 Å². The number of aromatic nitrogens is 2. The van der Waals surface area contributed by atoms with E-state index in [0.717, 1.165) is 0 Å². The average molecular weight is 645 g/mol. The Morgan fingerprint density at radius 2 is 1.65 bits per heavy atom. The minimum absolute atomic E-state index is 0. The molecule has 1 aliphatic heterocycles. The van der Waals surface area contributed by atoms with Gasteiger partial charge in [0.05, 0.1) is 17.8 Å². The molecule has 5 aromatic rings. The topological polar surface area (TPSA) is 74.5 Å². The number of para-hydroxylation sites is 1. The molecule has 1 atom stereocenters. The van der Waals surface area contributed by atoms with Crippen molar-refractivity contribution < 1.29 is 39.5 Å². The molecule has 3 aromatic carbocycles. The van der Waals surface area contributed by atoms with Crippen LogP contribution in [-0.4, -0.2) is 9.97 Å². The Hall–Kier alpha value is -3.46. The van der Waals surface area contributed by atoms with Crippen LogP contribution in [0.5, 0.6) is 23.0 Å². The monoisotopic (exact) mass is 645 g/mol. The van der Waals surface area contributed by atoms with E-state index in [1.54, 1.807) is 48.8 Å². The van der Waals surface area contributed by atoms with Crippen LogP contribution < -0.4 is 25.5 Å². The Bertz CT molecular complexity index is 1510. The third-order valence-corrected chi connectivity index (χ3v) is 8.14. The predicted octanol–water partition coefficient (Wildman–Crippen LogP) is 4.87. The molecule has 0 saturated carbocycles. The molecular formula is C26H15N2O4PPt. The van der Waals surface area contributed by atoms with Gasteiger partial charge in [-0.1, -0.05) is 29.8 Å². The van der Waals surface area contributed by atoms with E-state index in [0.29, 0.717) is 50.5 Å². The van der Waals surface area contributed by atoms with Crippen LogP contribution in [0.25, 0.3) is 11.5 Å². The van der Waals surface area contributed by atoms with E-state index in [4.69, 9.17) is 13.9 Å². The fraction of sp³-hybridized carbons (Fsp3) is 0. The summed E-state index contributed by atoms with van der Waals surface area (Å²) >= 11 is 0. The molecule has 0 aliphatic carbocycles. The molecular weight excluding hydrogens is 630 g/mol. The molecule has 0 saturated heterocycles. The molecule has 1 aliphatic rings. The van der Waals surface area contributed by atoms with Gasteiger partial charge in [-0.25, -0.2) is 0 Å². The average Bonchev–Trinajstić information content (AvgIpc) is 3.41. The fourth-order valence-electron chi connectivity index (χ4n) is 3.75. The molecule has 0 fully saturated rings. The van der Waals surface area contributed by atoms with Crippen LogP contribution >= 0.6 is 7.14 Å². The number of hydrogen-bond donors (Lipinski definition) is 0. The number of rotatable bonds is 4. The summed E-state index contributed by atoms with van der Waals surface area (Å²) in [6.07, 6.45) is 4.71. The Balaban J connectivity index is 0.00000241. The maximum atomic E-state index is 14.6. The van der Waals surface area contributed by atoms with Crippen molar-refractivity contribution in [2.45, 2.75) is 0 Å². The van der Waals surface area contributed by atoms with Crippen molar-refractivity contribution in [2.24, 2.45) is 0 Å². The van der Waals surface area contributed by atoms with Crippen LogP contribution in [-0.2, 0) is 25.6 Å². The summed E-state index contributed by atoms with van der Waals surface area (Å²) in [5.41, 5.74) is 1.12.